The average molecular weight is 400 g/mol. The second-order valence-electron chi connectivity index (χ2n) is 6.47. The first-order valence-electron chi connectivity index (χ1n) is 8.98. The number of ether oxygens (including phenoxy) is 1. The van der Waals surface area contributed by atoms with Gasteiger partial charge in [-0.05, 0) is 25.0 Å². The highest BCUT2D eigenvalue weighted by Crippen LogP contribution is 2.28. The van der Waals surface area contributed by atoms with Gasteiger partial charge in [-0.3, -0.25) is 9.89 Å². The molecule has 28 heavy (non-hydrogen) atoms. The predicted octanol–water partition coefficient (Wildman–Crippen LogP) is 3.01. The monoisotopic (exact) mass is 399 g/mol. The standard InChI is InChI=1S/C20H21N5O2.ClH/c21-12-14-10-11-17(27-14)20(26)22-16-9-5-4-8-15(16)19-23-18(24-25-19)13-6-2-1-3-7-13;/h1-9,14,17H,10-12,21H2,(H,22,26)(H,23,24,25);1H/t14-,17+;/m1./s1. The minimum atomic E-state index is -0.471. The SMILES string of the molecule is Cl.NC[C@H]1CC[C@@H](C(=O)Nc2ccccc2-c2nc(-c3ccccc3)n[nH]2)O1. The van der Waals surface area contributed by atoms with E-state index < -0.39 is 6.10 Å². The topological polar surface area (TPSA) is 106 Å². The Morgan fingerprint density at radius 2 is 1.89 bits per heavy atom. The number of carbonyl (C=O) groups excluding carboxylic acids is 1. The Labute approximate surface area is 169 Å². The number of H-pyrrole nitrogens is 1. The number of para-hydroxylation sites is 1. The van der Waals surface area contributed by atoms with Crippen LogP contribution in [0.4, 0.5) is 5.69 Å². The maximum absolute atomic E-state index is 12.6. The van der Waals surface area contributed by atoms with E-state index in [9.17, 15) is 4.79 Å². The first kappa shape index (κ1) is 20.0. The fourth-order valence-corrected chi connectivity index (χ4v) is 3.18. The van der Waals surface area contributed by atoms with E-state index in [4.69, 9.17) is 10.5 Å². The molecule has 1 amide bonds. The summed E-state index contributed by atoms with van der Waals surface area (Å²) in [7, 11) is 0. The zero-order valence-electron chi connectivity index (χ0n) is 15.2. The summed E-state index contributed by atoms with van der Waals surface area (Å²) in [5.41, 5.74) is 7.98. The summed E-state index contributed by atoms with van der Waals surface area (Å²) in [6, 6.07) is 17.2. The van der Waals surface area contributed by atoms with E-state index in [-0.39, 0.29) is 24.4 Å². The molecule has 0 radical (unpaired) electrons. The molecule has 0 bridgehead atoms. The van der Waals surface area contributed by atoms with Crippen molar-refractivity contribution >= 4 is 24.0 Å². The average Bonchev–Trinajstić information content (AvgIpc) is 3.39. The molecule has 1 aliphatic heterocycles. The minimum Gasteiger partial charge on any atom is -0.364 e. The first-order chi connectivity index (χ1) is 13.2. The summed E-state index contributed by atoms with van der Waals surface area (Å²) in [4.78, 5) is 17.1. The molecule has 2 atom stereocenters. The summed E-state index contributed by atoms with van der Waals surface area (Å²) in [6.45, 7) is 0.431. The van der Waals surface area contributed by atoms with E-state index in [1.54, 1.807) is 0 Å². The number of amides is 1. The number of aromatic nitrogens is 3. The largest absolute Gasteiger partial charge is 0.364 e. The molecule has 3 aromatic rings. The molecular weight excluding hydrogens is 378 g/mol. The summed E-state index contributed by atoms with van der Waals surface area (Å²) in [6.07, 6.45) is 0.967. The second-order valence-corrected chi connectivity index (χ2v) is 6.47. The molecule has 4 rings (SSSR count). The van der Waals surface area contributed by atoms with Crippen LogP contribution >= 0.6 is 12.4 Å². The van der Waals surface area contributed by atoms with Crippen LogP contribution < -0.4 is 11.1 Å². The van der Waals surface area contributed by atoms with Crippen molar-refractivity contribution in [1.29, 1.82) is 0 Å². The summed E-state index contributed by atoms with van der Waals surface area (Å²) in [5.74, 6) is 1.04. The molecule has 7 nitrogen and oxygen atoms in total. The third-order valence-corrected chi connectivity index (χ3v) is 4.62. The van der Waals surface area contributed by atoms with E-state index in [0.717, 1.165) is 17.5 Å². The molecule has 0 saturated carbocycles. The van der Waals surface area contributed by atoms with E-state index in [1.165, 1.54) is 0 Å². The van der Waals surface area contributed by atoms with E-state index in [2.05, 4.69) is 20.5 Å². The van der Waals surface area contributed by atoms with Gasteiger partial charge >= 0.3 is 0 Å². The highest BCUT2D eigenvalue weighted by molar-refractivity contribution is 5.97. The number of halogens is 1. The van der Waals surface area contributed by atoms with Crippen molar-refractivity contribution in [1.82, 2.24) is 15.2 Å². The van der Waals surface area contributed by atoms with E-state index in [0.29, 0.717) is 30.3 Å². The van der Waals surface area contributed by atoms with Crippen LogP contribution in [-0.2, 0) is 9.53 Å². The fourth-order valence-electron chi connectivity index (χ4n) is 3.18. The number of nitrogens with two attached hydrogens (primary N) is 1. The number of aromatic amines is 1. The number of hydrogen-bond acceptors (Lipinski definition) is 5. The van der Waals surface area contributed by atoms with Crippen molar-refractivity contribution in [3.63, 3.8) is 0 Å². The highest BCUT2D eigenvalue weighted by atomic mass is 35.5. The van der Waals surface area contributed by atoms with Crippen molar-refractivity contribution in [3.05, 3.63) is 54.6 Å². The molecule has 4 N–H and O–H groups in total. The van der Waals surface area contributed by atoms with Gasteiger partial charge in [0.25, 0.3) is 5.91 Å². The van der Waals surface area contributed by atoms with Crippen molar-refractivity contribution in [2.24, 2.45) is 5.73 Å². The molecule has 8 heteroatoms. The normalized spacial score (nSPS) is 18.5. The van der Waals surface area contributed by atoms with Gasteiger partial charge in [-0.15, -0.1) is 12.4 Å². The van der Waals surface area contributed by atoms with Crippen LogP contribution in [0.3, 0.4) is 0 Å². The highest BCUT2D eigenvalue weighted by Gasteiger charge is 2.30. The molecule has 2 aromatic carbocycles. The smallest absolute Gasteiger partial charge is 0.253 e. The Morgan fingerprint density at radius 1 is 1.14 bits per heavy atom. The molecule has 1 aliphatic rings. The Kier molecular flexibility index (Phi) is 6.41. The van der Waals surface area contributed by atoms with Gasteiger partial charge in [0, 0.05) is 17.7 Å². The summed E-state index contributed by atoms with van der Waals surface area (Å²) < 4.78 is 5.68. The number of anilines is 1. The maximum atomic E-state index is 12.6. The number of rotatable bonds is 5. The lowest BCUT2D eigenvalue weighted by Crippen LogP contribution is -2.30. The second kappa shape index (κ2) is 8.97. The van der Waals surface area contributed by atoms with Gasteiger partial charge < -0.3 is 15.8 Å². The van der Waals surface area contributed by atoms with Crippen LogP contribution in [-0.4, -0.2) is 39.8 Å². The lowest BCUT2D eigenvalue weighted by Gasteiger charge is -2.14. The lowest BCUT2D eigenvalue weighted by molar-refractivity contribution is -0.126. The van der Waals surface area contributed by atoms with Crippen LogP contribution in [0.15, 0.2) is 54.6 Å². The number of carbonyl (C=O) groups is 1. The Balaban J connectivity index is 0.00000225. The summed E-state index contributed by atoms with van der Waals surface area (Å²) >= 11 is 0. The third kappa shape index (κ3) is 4.22. The quantitative estimate of drug-likeness (QED) is 0.611. The van der Waals surface area contributed by atoms with Crippen LogP contribution in [0, 0.1) is 0 Å². The number of nitrogens with one attached hydrogen (secondary N) is 2. The lowest BCUT2D eigenvalue weighted by atomic mass is 10.1. The van der Waals surface area contributed by atoms with Gasteiger partial charge in [-0.25, -0.2) is 4.98 Å². The zero-order chi connectivity index (χ0) is 18.6. The number of hydrogen-bond donors (Lipinski definition) is 3. The Bertz CT molecular complexity index is 931. The molecule has 1 saturated heterocycles. The van der Waals surface area contributed by atoms with E-state index in [1.807, 2.05) is 54.6 Å². The predicted molar refractivity (Wildman–Crippen MR) is 110 cm³/mol. The molecule has 2 heterocycles. The molecule has 146 valence electrons. The van der Waals surface area contributed by atoms with Crippen molar-refractivity contribution < 1.29 is 9.53 Å². The van der Waals surface area contributed by atoms with Gasteiger partial charge in [-0.1, -0.05) is 42.5 Å². The van der Waals surface area contributed by atoms with Crippen LogP contribution in [0.5, 0.6) is 0 Å². The molecule has 1 aromatic heterocycles. The Morgan fingerprint density at radius 3 is 2.64 bits per heavy atom. The summed E-state index contributed by atoms with van der Waals surface area (Å²) in [5, 5.41) is 10.2. The van der Waals surface area contributed by atoms with Crippen LogP contribution in [0.25, 0.3) is 22.8 Å². The molecule has 0 unspecified atom stereocenters. The van der Waals surface area contributed by atoms with Crippen molar-refractivity contribution in [2.45, 2.75) is 25.0 Å². The van der Waals surface area contributed by atoms with Crippen molar-refractivity contribution in [3.8, 4) is 22.8 Å². The molecular formula is C20H22ClN5O2. The van der Waals surface area contributed by atoms with Crippen LogP contribution in [0.2, 0.25) is 0 Å². The molecule has 1 fully saturated rings. The van der Waals surface area contributed by atoms with Gasteiger partial charge in [0.15, 0.2) is 11.6 Å². The molecule has 0 spiro atoms. The number of nitrogens with zero attached hydrogens (tertiary/aromatic N) is 2. The van der Waals surface area contributed by atoms with Gasteiger partial charge in [-0.2, -0.15) is 5.10 Å². The first-order valence-corrected chi connectivity index (χ1v) is 8.98. The van der Waals surface area contributed by atoms with Crippen molar-refractivity contribution in [2.75, 3.05) is 11.9 Å². The Hall–Kier alpha value is -2.74. The van der Waals surface area contributed by atoms with Gasteiger partial charge in [0.1, 0.15) is 6.10 Å². The van der Waals surface area contributed by atoms with Gasteiger partial charge in [0.2, 0.25) is 0 Å². The fraction of sp³-hybridized carbons (Fsp3) is 0.250. The van der Waals surface area contributed by atoms with Gasteiger partial charge in [0.05, 0.1) is 11.8 Å². The van der Waals surface area contributed by atoms with E-state index >= 15 is 0 Å². The maximum Gasteiger partial charge on any atom is 0.253 e. The third-order valence-electron chi connectivity index (χ3n) is 4.62. The molecule has 0 aliphatic carbocycles. The number of benzene rings is 2. The minimum absolute atomic E-state index is 0. The zero-order valence-corrected chi connectivity index (χ0v) is 16.0. The van der Waals surface area contributed by atoms with Crippen LogP contribution in [0.1, 0.15) is 12.8 Å².